The van der Waals surface area contributed by atoms with Gasteiger partial charge < -0.3 is 9.47 Å². The maximum Gasteiger partial charge on any atom is 0.508 e. The molecule has 0 N–H and O–H groups in total. The molecule has 0 heterocycles. The second kappa shape index (κ2) is 16.5. The van der Waals surface area contributed by atoms with Gasteiger partial charge in [0.05, 0.1) is 13.2 Å². The summed E-state index contributed by atoms with van der Waals surface area (Å²) in [4.78, 5) is 11.6. The Hall–Kier alpha value is -2.29. The van der Waals surface area contributed by atoms with E-state index in [1.807, 2.05) is 0 Å². The summed E-state index contributed by atoms with van der Waals surface area (Å²) >= 11 is 0. The SMILES string of the molecule is O=C(OCCCCCCCc1ccccc1)OCCCCCCCc1ccccc1. The van der Waals surface area contributed by atoms with Crippen molar-refractivity contribution in [1.29, 1.82) is 0 Å². The van der Waals surface area contributed by atoms with E-state index in [0.29, 0.717) is 13.2 Å². The third-order valence-electron chi connectivity index (χ3n) is 5.35. The molecule has 3 nitrogen and oxygen atoms in total. The summed E-state index contributed by atoms with van der Waals surface area (Å²) in [6, 6.07) is 21.2. The van der Waals surface area contributed by atoms with E-state index in [0.717, 1.165) is 38.5 Å². The van der Waals surface area contributed by atoms with Crippen molar-refractivity contribution < 1.29 is 14.3 Å². The first-order chi connectivity index (χ1) is 14.8. The fourth-order valence-electron chi connectivity index (χ4n) is 3.57. The minimum absolute atomic E-state index is 0.469. The van der Waals surface area contributed by atoms with Gasteiger partial charge in [0, 0.05) is 0 Å². The Bertz CT molecular complexity index is 597. The molecule has 3 heteroatoms. The second-order valence-electron chi connectivity index (χ2n) is 7.95. The van der Waals surface area contributed by atoms with Gasteiger partial charge in [-0.3, -0.25) is 0 Å². The van der Waals surface area contributed by atoms with E-state index in [-0.39, 0.29) is 0 Å². The molecule has 2 aromatic carbocycles. The van der Waals surface area contributed by atoms with Crippen LogP contribution in [0.15, 0.2) is 60.7 Å². The van der Waals surface area contributed by atoms with Crippen LogP contribution in [0.1, 0.15) is 75.3 Å². The van der Waals surface area contributed by atoms with Gasteiger partial charge in [-0.1, -0.05) is 99.2 Å². The number of aryl methyl sites for hydroxylation is 2. The van der Waals surface area contributed by atoms with Crippen LogP contribution in [0.5, 0.6) is 0 Å². The van der Waals surface area contributed by atoms with Gasteiger partial charge in [-0.25, -0.2) is 4.79 Å². The Kier molecular flexibility index (Phi) is 13.2. The lowest BCUT2D eigenvalue weighted by molar-refractivity contribution is 0.0529. The Morgan fingerprint density at radius 2 is 0.867 bits per heavy atom. The number of hydrogen-bond acceptors (Lipinski definition) is 3. The van der Waals surface area contributed by atoms with E-state index in [2.05, 4.69) is 60.7 Å². The highest BCUT2D eigenvalue weighted by molar-refractivity contribution is 5.59. The third-order valence-corrected chi connectivity index (χ3v) is 5.35. The summed E-state index contributed by atoms with van der Waals surface area (Å²) in [5.41, 5.74) is 2.83. The van der Waals surface area contributed by atoms with Crippen LogP contribution in [0.3, 0.4) is 0 Å². The average Bonchev–Trinajstić information content (AvgIpc) is 2.79. The maximum atomic E-state index is 11.6. The fraction of sp³-hybridized carbons (Fsp3) is 0.519. The Balaban J connectivity index is 1.30. The highest BCUT2D eigenvalue weighted by atomic mass is 16.7. The molecular weight excluding hydrogens is 372 g/mol. The van der Waals surface area contributed by atoms with Crippen LogP contribution in [0.2, 0.25) is 0 Å². The molecule has 2 rings (SSSR count). The van der Waals surface area contributed by atoms with E-state index >= 15 is 0 Å². The normalized spacial score (nSPS) is 10.7. The molecule has 0 atom stereocenters. The predicted molar refractivity (Wildman–Crippen MR) is 124 cm³/mol. The van der Waals surface area contributed by atoms with Crippen molar-refractivity contribution in [3.05, 3.63) is 71.8 Å². The summed E-state index contributed by atoms with van der Waals surface area (Å²) in [5, 5.41) is 0. The van der Waals surface area contributed by atoms with Gasteiger partial charge in [-0.15, -0.1) is 0 Å². The zero-order valence-corrected chi connectivity index (χ0v) is 18.4. The van der Waals surface area contributed by atoms with Crippen molar-refractivity contribution in [3.8, 4) is 0 Å². The van der Waals surface area contributed by atoms with Crippen LogP contribution in [0.25, 0.3) is 0 Å². The lowest BCUT2D eigenvalue weighted by atomic mass is 10.1. The number of unbranched alkanes of at least 4 members (excludes halogenated alkanes) is 8. The zero-order chi connectivity index (χ0) is 21.1. The number of hydrogen-bond donors (Lipinski definition) is 0. The summed E-state index contributed by atoms with van der Waals surface area (Å²) in [7, 11) is 0. The molecule has 30 heavy (non-hydrogen) atoms. The Morgan fingerprint density at radius 1 is 0.500 bits per heavy atom. The third kappa shape index (κ3) is 12.3. The molecule has 0 saturated carbocycles. The largest absolute Gasteiger partial charge is 0.508 e. The van der Waals surface area contributed by atoms with Crippen LogP contribution in [-0.2, 0) is 22.3 Å². The highest BCUT2D eigenvalue weighted by Gasteiger charge is 2.03. The number of carbonyl (C=O) groups excluding carboxylic acids is 1. The van der Waals surface area contributed by atoms with Gasteiger partial charge in [-0.05, 0) is 49.7 Å². The molecule has 0 aliphatic carbocycles. The summed E-state index contributed by atoms with van der Waals surface area (Å²) in [6.07, 6.45) is 13.1. The van der Waals surface area contributed by atoms with Crippen molar-refractivity contribution in [3.63, 3.8) is 0 Å². The van der Waals surface area contributed by atoms with Crippen LogP contribution in [0.4, 0.5) is 4.79 Å². The molecule has 0 aromatic heterocycles. The molecule has 0 bridgehead atoms. The van der Waals surface area contributed by atoms with E-state index in [4.69, 9.17) is 9.47 Å². The molecule has 2 aromatic rings. The zero-order valence-electron chi connectivity index (χ0n) is 18.4. The van der Waals surface area contributed by atoms with Gasteiger partial charge >= 0.3 is 6.16 Å². The standard InChI is InChI=1S/C27H38O3/c28-27(29-23-15-5-1-3-9-17-25-19-11-7-12-20-25)30-24-16-6-2-4-10-18-26-21-13-8-14-22-26/h7-8,11-14,19-22H,1-6,9-10,15-18,23-24H2. The van der Waals surface area contributed by atoms with Crippen molar-refractivity contribution in [2.45, 2.75) is 77.0 Å². The first-order valence-corrected chi connectivity index (χ1v) is 11.7. The lowest BCUT2D eigenvalue weighted by Crippen LogP contribution is -2.09. The van der Waals surface area contributed by atoms with Crippen LogP contribution in [-0.4, -0.2) is 19.4 Å². The van der Waals surface area contributed by atoms with Gasteiger partial charge in [0.25, 0.3) is 0 Å². The number of rotatable bonds is 16. The fourth-order valence-corrected chi connectivity index (χ4v) is 3.57. The molecule has 0 spiro atoms. The molecule has 0 aliphatic rings. The minimum atomic E-state index is -0.511. The van der Waals surface area contributed by atoms with E-state index < -0.39 is 6.16 Å². The van der Waals surface area contributed by atoms with E-state index in [1.54, 1.807) is 0 Å². The molecule has 0 unspecified atom stereocenters. The summed E-state index contributed by atoms with van der Waals surface area (Å²) in [6.45, 7) is 0.939. The molecule has 0 radical (unpaired) electrons. The van der Waals surface area contributed by atoms with Crippen LogP contribution in [0, 0.1) is 0 Å². The Morgan fingerprint density at radius 3 is 1.30 bits per heavy atom. The van der Waals surface area contributed by atoms with Crippen LogP contribution >= 0.6 is 0 Å². The Labute approximate surface area is 182 Å². The van der Waals surface area contributed by atoms with Gasteiger partial charge in [0.2, 0.25) is 0 Å². The van der Waals surface area contributed by atoms with Crippen molar-refractivity contribution in [1.82, 2.24) is 0 Å². The number of ether oxygens (including phenoxy) is 2. The van der Waals surface area contributed by atoms with Gasteiger partial charge in [0.1, 0.15) is 0 Å². The molecule has 0 saturated heterocycles. The van der Waals surface area contributed by atoms with Crippen molar-refractivity contribution in [2.24, 2.45) is 0 Å². The number of benzene rings is 2. The van der Waals surface area contributed by atoms with E-state index in [1.165, 1.54) is 49.7 Å². The van der Waals surface area contributed by atoms with Crippen molar-refractivity contribution >= 4 is 6.16 Å². The quantitative estimate of drug-likeness (QED) is 0.212. The molecule has 0 aliphatic heterocycles. The molecule has 0 fully saturated rings. The van der Waals surface area contributed by atoms with Crippen molar-refractivity contribution in [2.75, 3.05) is 13.2 Å². The second-order valence-corrected chi connectivity index (χ2v) is 7.95. The molecule has 0 amide bonds. The first kappa shape index (κ1) is 24.0. The average molecular weight is 411 g/mol. The molecular formula is C27H38O3. The minimum Gasteiger partial charge on any atom is -0.434 e. The first-order valence-electron chi connectivity index (χ1n) is 11.7. The highest BCUT2D eigenvalue weighted by Crippen LogP contribution is 2.10. The number of carbonyl (C=O) groups is 1. The lowest BCUT2D eigenvalue weighted by Gasteiger charge is -2.07. The van der Waals surface area contributed by atoms with Gasteiger partial charge in [0.15, 0.2) is 0 Å². The van der Waals surface area contributed by atoms with Crippen LogP contribution < -0.4 is 0 Å². The van der Waals surface area contributed by atoms with E-state index in [9.17, 15) is 4.79 Å². The van der Waals surface area contributed by atoms with Gasteiger partial charge in [-0.2, -0.15) is 0 Å². The monoisotopic (exact) mass is 410 g/mol. The smallest absolute Gasteiger partial charge is 0.434 e. The molecule has 164 valence electrons. The predicted octanol–water partition coefficient (Wildman–Crippen LogP) is 7.53. The topological polar surface area (TPSA) is 35.5 Å². The summed E-state index contributed by atoms with van der Waals surface area (Å²) < 4.78 is 10.3. The summed E-state index contributed by atoms with van der Waals surface area (Å²) in [5.74, 6) is 0. The maximum absolute atomic E-state index is 11.6.